The van der Waals surface area contributed by atoms with E-state index in [0.29, 0.717) is 6.42 Å². The summed E-state index contributed by atoms with van der Waals surface area (Å²) in [6.07, 6.45) is 0.563. The molecule has 0 saturated carbocycles. The van der Waals surface area contributed by atoms with Gasteiger partial charge in [0.1, 0.15) is 5.82 Å². The van der Waals surface area contributed by atoms with Crippen LogP contribution in [0.5, 0.6) is 0 Å². The van der Waals surface area contributed by atoms with E-state index in [-0.39, 0.29) is 23.7 Å². The zero-order chi connectivity index (χ0) is 14.6. The van der Waals surface area contributed by atoms with Gasteiger partial charge in [0.25, 0.3) is 0 Å². The fourth-order valence-corrected chi connectivity index (χ4v) is 1.77. The maximum atomic E-state index is 13.0. The fraction of sp³-hybridized carbons (Fsp3) is 0.533. The number of nitrogens with two attached hydrogens (primary N) is 1. The van der Waals surface area contributed by atoms with Crippen molar-refractivity contribution >= 4 is 5.91 Å². The third kappa shape index (κ3) is 4.03. The lowest BCUT2D eigenvalue weighted by Crippen LogP contribution is -2.52. The van der Waals surface area contributed by atoms with Crippen molar-refractivity contribution in [2.45, 2.75) is 45.7 Å². The van der Waals surface area contributed by atoms with Crippen LogP contribution in [-0.2, 0) is 4.79 Å². The molecule has 4 heteroatoms. The van der Waals surface area contributed by atoms with Crippen LogP contribution in [0.15, 0.2) is 24.3 Å². The number of hydrogen-bond donors (Lipinski definition) is 2. The monoisotopic (exact) mass is 266 g/mol. The molecule has 106 valence electrons. The molecule has 1 aromatic carbocycles. The number of nitrogens with one attached hydrogen (secondary N) is 1. The minimum Gasteiger partial charge on any atom is -0.347 e. The van der Waals surface area contributed by atoms with Gasteiger partial charge in [-0.25, -0.2) is 4.39 Å². The third-order valence-corrected chi connectivity index (χ3v) is 3.44. The summed E-state index contributed by atoms with van der Waals surface area (Å²) in [4.78, 5) is 12.1. The summed E-state index contributed by atoms with van der Waals surface area (Å²) in [5.74, 6) is -0.269. The van der Waals surface area contributed by atoms with Gasteiger partial charge in [0, 0.05) is 0 Å². The second kappa shape index (κ2) is 6.15. The fourth-order valence-electron chi connectivity index (χ4n) is 1.77. The van der Waals surface area contributed by atoms with Gasteiger partial charge in [-0.3, -0.25) is 4.79 Å². The lowest BCUT2D eigenvalue weighted by atomic mass is 9.93. The van der Waals surface area contributed by atoms with Crippen LogP contribution in [0.1, 0.15) is 45.7 Å². The highest BCUT2D eigenvalue weighted by Gasteiger charge is 2.29. The lowest BCUT2D eigenvalue weighted by Gasteiger charge is -2.28. The average Bonchev–Trinajstić information content (AvgIpc) is 2.36. The van der Waals surface area contributed by atoms with Crippen LogP contribution >= 0.6 is 0 Å². The maximum absolute atomic E-state index is 13.0. The summed E-state index contributed by atoms with van der Waals surface area (Å²) in [6.45, 7) is 7.61. The highest BCUT2D eigenvalue weighted by molar-refractivity contribution is 5.85. The Kier molecular flexibility index (Phi) is 5.06. The van der Waals surface area contributed by atoms with E-state index in [1.165, 1.54) is 12.1 Å². The number of rotatable bonds is 5. The highest BCUT2D eigenvalue weighted by Crippen LogP contribution is 2.23. The Balaban J connectivity index is 2.91. The Morgan fingerprint density at radius 3 is 2.32 bits per heavy atom. The first kappa shape index (κ1) is 15.6. The molecule has 0 aliphatic rings. The molecule has 0 radical (unpaired) electrons. The summed E-state index contributed by atoms with van der Waals surface area (Å²) in [5.41, 5.74) is 5.94. The molecule has 3 nitrogen and oxygen atoms in total. The van der Waals surface area contributed by atoms with Crippen molar-refractivity contribution in [3.8, 4) is 0 Å². The molecular weight excluding hydrogens is 243 g/mol. The smallest absolute Gasteiger partial charge is 0.240 e. The molecule has 1 amide bonds. The molecule has 1 rings (SSSR count). The Morgan fingerprint density at radius 1 is 1.37 bits per heavy atom. The third-order valence-electron chi connectivity index (χ3n) is 3.44. The topological polar surface area (TPSA) is 55.1 Å². The number of carbonyl (C=O) groups excluding carboxylic acids is 1. The molecule has 0 heterocycles. The summed E-state index contributed by atoms with van der Waals surface area (Å²) >= 11 is 0. The Bertz CT molecular complexity index is 426. The van der Waals surface area contributed by atoms with Crippen molar-refractivity contribution in [3.63, 3.8) is 0 Å². The van der Waals surface area contributed by atoms with E-state index in [0.717, 1.165) is 5.56 Å². The number of amides is 1. The second-order valence-electron chi connectivity index (χ2n) is 5.52. The first-order chi connectivity index (χ1) is 8.77. The Hall–Kier alpha value is -1.42. The lowest BCUT2D eigenvalue weighted by molar-refractivity contribution is -0.127. The molecule has 0 aromatic heterocycles. The van der Waals surface area contributed by atoms with Gasteiger partial charge in [0.05, 0.1) is 11.6 Å². The van der Waals surface area contributed by atoms with E-state index in [4.69, 9.17) is 5.73 Å². The van der Waals surface area contributed by atoms with Crippen molar-refractivity contribution in [3.05, 3.63) is 35.6 Å². The van der Waals surface area contributed by atoms with Crippen molar-refractivity contribution in [1.29, 1.82) is 0 Å². The molecule has 19 heavy (non-hydrogen) atoms. The molecule has 0 aliphatic heterocycles. The Morgan fingerprint density at radius 2 is 1.89 bits per heavy atom. The van der Waals surface area contributed by atoms with Crippen LogP contribution in [0.2, 0.25) is 0 Å². The summed E-state index contributed by atoms with van der Waals surface area (Å²) in [6, 6.07) is 6.03. The normalized spacial score (nSPS) is 15.9. The van der Waals surface area contributed by atoms with Gasteiger partial charge in [0.2, 0.25) is 5.91 Å². The van der Waals surface area contributed by atoms with E-state index in [1.807, 2.05) is 20.8 Å². The van der Waals surface area contributed by atoms with Crippen LogP contribution in [0, 0.1) is 11.7 Å². The molecule has 3 N–H and O–H groups in total. The maximum Gasteiger partial charge on any atom is 0.240 e. The SMILES string of the molecule is CCC(C)(N)C(=O)NC(c1ccc(F)cc1)C(C)C. The standard InChI is InChI=1S/C15H23FN2O/c1-5-15(4,17)14(19)18-13(10(2)3)11-6-8-12(16)9-7-11/h6-10,13H,5,17H2,1-4H3,(H,18,19). The van der Waals surface area contributed by atoms with Crippen LogP contribution in [-0.4, -0.2) is 11.4 Å². The van der Waals surface area contributed by atoms with Crippen molar-refractivity contribution < 1.29 is 9.18 Å². The molecule has 0 aliphatic carbocycles. The van der Waals surface area contributed by atoms with Gasteiger partial charge >= 0.3 is 0 Å². The first-order valence-electron chi connectivity index (χ1n) is 6.63. The van der Waals surface area contributed by atoms with Crippen LogP contribution in [0.4, 0.5) is 4.39 Å². The molecule has 1 aromatic rings. The number of hydrogen-bond acceptors (Lipinski definition) is 2. The highest BCUT2D eigenvalue weighted by atomic mass is 19.1. The van der Waals surface area contributed by atoms with E-state index in [2.05, 4.69) is 5.32 Å². The van der Waals surface area contributed by atoms with Crippen LogP contribution < -0.4 is 11.1 Å². The van der Waals surface area contributed by atoms with Crippen molar-refractivity contribution in [2.75, 3.05) is 0 Å². The average molecular weight is 266 g/mol. The van der Waals surface area contributed by atoms with Gasteiger partial charge in [-0.05, 0) is 37.0 Å². The molecule has 2 atom stereocenters. The number of halogens is 1. The molecular formula is C15H23FN2O. The van der Waals surface area contributed by atoms with Gasteiger partial charge < -0.3 is 11.1 Å². The molecule has 2 unspecified atom stereocenters. The van der Waals surface area contributed by atoms with Crippen molar-refractivity contribution in [1.82, 2.24) is 5.32 Å². The van der Waals surface area contributed by atoms with Gasteiger partial charge in [-0.2, -0.15) is 0 Å². The number of carbonyl (C=O) groups is 1. The van der Waals surface area contributed by atoms with Gasteiger partial charge in [-0.1, -0.05) is 32.9 Å². The summed E-state index contributed by atoms with van der Waals surface area (Å²) in [7, 11) is 0. The minimum absolute atomic E-state index is 0.164. The zero-order valence-corrected chi connectivity index (χ0v) is 12.0. The predicted octanol–water partition coefficient (Wildman–Crippen LogP) is 2.77. The summed E-state index contributed by atoms with van der Waals surface area (Å²) < 4.78 is 13.0. The van der Waals surface area contributed by atoms with Gasteiger partial charge in [-0.15, -0.1) is 0 Å². The minimum atomic E-state index is -0.882. The first-order valence-corrected chi connectivity index (χ1v) is 6.63. The molecule has 0 bridgehead atoms. The van der Waals surface area contributed by atoms with E-state index >= 15 is 0 Å². The van der Waals surface area contributed by atoms with Crippen molar-refractivity contribution in [2.24, 2.45) is 11.7 Å². The van der Waals surface area contributed by atoms with E-state index in [1.54, 1.807) is 19.1 Å². The van der Waals surface area contributed by atoms with Crippen LogP contribution in [0.3, 0.4) is 0 Å². The zero-order valence-electron chi connectivity index (χ0n) is 12.0. The molecule has 0 spiro atoms. The predicted molar refractivity (Wildman–Crippen MR) is 75.0 cm³/mol. The Labute approximate surface area is 114 Å². The second-order valence-corrected chi connectivity index (χ2v) is 5.52. The van der Waals surface area contributed by atoms with E-state index < -0.39 is 5.54 Å². The molecule has 0 fully saturated rings. The van der Waals surface area contributed by atoms with Crippen LogP contribution in [0.25, 0.3) is 0 Å². The van der Waals surface area contributed by atoms with E-state index in [9.17, 15) is 9.18 Å². The number of benzene rings is 1. The van der Waals surface area contributed by atoms with Gasteiger partial charge in [0.15, 0.2) is 0 Å². The summed E-state index contributed by atoms with van der Waals surface area (Å²) in [5, 5.41) is 2.96. The quantitative estimate of drug-likeness (QED) is 0.861. The largest absolute Gasteiger partial charge is 0.347 e. The molecule has 0 saturated heterocycles.